The molecular weight excluding hydrogens is 226 g/mol. The van der Waals surface area contributed by atoms with E-state index in [9.17, 15) is 0 Å². The first kappa shape index (κ1) is 10.5. The van der Waals surface area contributed by atoms with E-state index in [1.807, 2.05) is 0 Å². The highest BCUT2D eigenvalue weighted by atomic mass is 16.7. The molecule has 2 aromatic carbocycles. The lowest BCUT2D eigenvalue weighted by atomic mass is 10.0. The van der Waals surface area contributed by atoms with Gasteiger partial charge in [0.05, 0.1) is 19.3 Å². The van der Waals surface area contributed by atoms with Crippen molar-refractivity contribution in [1.82, 2.24) is 5.32 Å². The Labute approximate surface area is 106 Å². The molecule has 2 aromatic rings. The van der Waals surface area contributed by atoms with Crippen LogP contribution >= 0.6 is 0 Å². The third-order valence-corrected chi connectivity index (χ3v) is 3.78. The second kappa shape index (κ2) is 3.79. The minimum Gasteiger partial charge on any atom is -0.342 e. The maximum absolute atomic E-state index is 6.04. The summed E-state index contributed by atoms with van der Waals surface area (Å²) in [5.74, 6) is -0.576. The van der Waals surface area contributed by atoms with Crippen LogP contribution in [-0.2, 0) is 15.3 Å². The van der Waals surface area contributed by atoms with Gasteiger partial charge < -0.3 is 14.8 Å². The molecule has 0 amide bonds. The van der Waals surface area contributed by atoms with Gasteiger partial charge in [-0.25, -0.2) is 0 Å². The van der Waals surface area contributed by atoms with Crippen molar-refractivity contribution >= 4 is 10.8 Å². The zero-order valence-corrected chi connectivity index (χ0v) is 10.1. The smallest absolute Gasteiger partial charge is 0.208 e. The number of hydrogen-bond donors (Lipinski definition) is 1. The Hall–Kier alpha value is -1.42. The highest BCUT2D eigenvalue weighted by molar-refractivity contribution is 5.83. The fourth-order valence-corrected chi connectivity index (χ4v) is 2.84. The van der Waals surface area contributed by atoms with Crippen molar-refractivity contribution in [1.29, 1.82) is 0 Å². The van der Waals surface area contributed by atoms with E-state index in [4.69, 9.17) is 9.47 Å². The van der Waals surface area contributed by atoms with Gasteiger partial charge in [0.1, 0.15) is 0 Å². The van der Waals surface area contributed by atoms with Crippen LogP contribution in [0.25, 0.3) is 10.8 Å². The summed E-state index contributed by atoms with van der Waals surface area (Å²) in [6.45, 7) is 2.29. The standard InChI is InChI=1S/C15H15NO2/c1-2-4-12-7-13(6-5-11(12)3-1)15-10-16-8-14(18-15)9-17-15/h1-7,14,16H,8-10H2/t14-,15-/m0/s1. The number of hydrogen-bond acceptors (Lipinski definition) is 3. The molecule has 0 unspecified atom stereocenters. The van der Waals surface area contributed by atoms with Gasteiger partial charge in [0.15, 0.2) is 0 Å². The topological polar surface area (TPSA) is 30.5 Å². The van der Waals surface area contributed by atoms with Crippen LogP contribution < -0.4 is 5.32 Å². The van der Waals surface area contributed by atoms with E-state index in [0.29, 0.717) is 6.61 Å². The van der Waals surface area contributed by atoms with Crippen molar-refractivity contribution in [2.75, 3.05) is 19.7 Å². The van der Waals surface area contributed by atoms with Crippen LogP contribution in [0.2, 0.25) is 0 Å². The minimum atomic E-state index is -0.576. The van der Waals surface area contributed by atoms with Crippen LogP contribution in [0, 0.1) is 0 Å². The molecule has 0 radical (unpaired) electrons. The molecule has 18 heavy (non-hydrogen) atoms. The van der Waals surface area contributed by atoms with E-state index in [0.717, 1.165) is 18.7 Å². The average Bonchev–Trinajstić information content (AvgIpc) is 2.74. The molecule has 2 saturated heterocycles. The summed E-state index contributed by atoms with van der Waals surface area (Å²) in [6.07, 6.45) is 0.185. The molecule has 0 aliphatic carbocycles. The Bertz CT molecular complexity index is 594. The van der Waals surface area contributed by atoms with Crippen LogP contribution in [0.5, 0.6) is 0 Å². The third-order valence-electron chi connectivity index (χ3n) is 3.78. The summed E-state index contributed by atoms with van der Waals surface area (Å²) in [6, 6.07) is 14.8. The molecule has 4 rings (SSSR count). The fourth-order valence-electron chi connectivity index (χ4n) is 2.84. The van der Waals surface area contributed by atoms with Gasteiger partial charge in [-0.05, 0) is 16.8 Å². The molecule has 1 N–H and O–H groups in total. The molecule has 3 nitrogen and oxygen atoms in total. The van der Waals surface area contributed by atoms with Crippen LogP contribution in [-0.4, -0.2) is 25.8 Å². The zero-order valence-electron chi connectivity index (χ0n) is 10.1. The largest absolute Gasteiger partial charge is 0.342 e. The van der Waals surface area contributed by atoms with Gasteiger partial charge in [0.25, 0.3) is 0 Å². The molecule has 2 aliphatic heterocycles. The maximum Gasteiger partial charge on any atom is 0.208 e. The van der Waals surface area contributed by atoms with Gasteiger partial charge in [0, 0.05) is 12.1 Å². The van der Waals surface area contributed by atoms with Crippen molar-refractivity contribution in [3.8, 4) is 0 Å². The molecule has 2 heterocycles. The van der Waals surface area contributed by atoms with E-state index in [2.05, 4.69) is 47.8 Å². The molecular formula is C15H15NO2. The summed E-state index contributed by atoms with van der Waals surface area (Å²) in [7, 11) is 0. The highest BCUT2D eigenvalue weighted by Crippen LogP contribution is 2.37. The van der Waals surface area contributed by atoms with Gasteiger partial charge in [-0.2, -0.15) is 0 Å². The molecule has 2 fully saturated rings. The van der Waals surface area contributed by atoms with E-state index < -0.39 is 5.79 Å². The van der Waals surface area contributed by atoms with Crippen LogP contribution in [0.4, 0.5) is 0 Å². The van der Waals surface area contributed by atoms with Crippen molar-refractivity contribution < 1.29 is 9.47 Å². The molecule has 2 atom stereocenters. The van der Waals surface area contributed by atoms with Gasteiger partial charge in [-0.3, -0.25) is 0 Å². The lowest BCUT2D eigenvalue weighted by Gasteiger charge is -2.32. The average molecular weight is 241 g/mol. The van der Waals surface area contributed by atoms with Crippen molar-refractivity contribution in [2.45, 2.75) is 11.9 Å². The van der Waals surface area contributed by atoms with E-state index in [1.165, 1.54) is 10.8 Å². The second-order valence-electron chi connectivity index (χ2n) is 5.00. The van der Waals surface area contributed by atoms with E-state index in [-0.39, 0.29) is 6.10 Å². The van der Waals surface area contributed by atoms with E-state index in [1.54, 1.807) is 0 Å². The first-order valence-corrected chi connectivity index (χ1v) is 6.38. The Morgan fingerprint density at radius 2 is 2.00 bits per heavy atom. The SMILES string of the molecule is c1ccc2cc([C@@]34CNC[C@@H](CO3)O4)ccc2c1. The normalized spacial score (nSPS) is 30.8. The van der Waals surface area contributed by atoms with Gasteiger partial charge in [0.2, 0.25) is 5.79 Å². The molecule has 2 bridgehead atoms. The molecule has 0 saturated carbocycles. The number of morpholine rings is 1. The lowest BCUT2D eigenvalue weighted by Crippen LogP contribution is -2.46. The number of fused-ring (bicyclic) bond motifs is 3. The quantitative estimate of drug-likeness (QED) is 0.828. The first-order chi connectivity index (χ1) is 8.86. The molecule has 0 aromatic heterocycles. The predicted molar refractivity (Wildman–Crippen MR) is 69.3 cm³/mol. The Morgan fingerprint density at radius 3 is 2.94 bits per heavy atom. The molecule has 3 heteroatoms. The van der Waals surface area contributed by atoms with Crippen LogP contribution in [0.1, 0.15) is 5.56 Å². The zero-order chi connectivity index (χ0) is 12.0. The summed E-state index contributed by atoms with van der Waals surface area (Å²) in [5.41, 5.74) is 1.11. The Balaban J connectivity index is 1.82. The van der Waals surface area contributed by atoms with Gasteiger partial charge >= 0.3 is 0 Å². The Kier molecular flexibility index (Phi) is 2.21. The third kappa shape index (κ3) is 1.48. The molecule has 0 spiro atoms. The van der Waals surface area contributed by atoms with Crippen LogP contribution in [0.3, 0.4) is 0 Å². The maximum atomic E-state index is 6.04. The van der Waals surface area contributed by atoms with Gasteiger partial charge in [-0.1, -0.05) is 36.4 Å². The van der Waals surface area contributed by atoms with Crippen molar-refractivity contribution in [3.63, 3.8) is 0 Å². The lowest BCUT2D eigenvalue weighted by molar-refractivity contribution is -0.186. The first-order valence-electron chi connectivity index (χ1n) is 6.38. The fraction of sp³-hybridized carbons (Fsp3) is 0.333. The summed E-state index contributed by atoms with van der Waals surface area (Å²) in [4.78, 5) is 0. The molecule has 92 valence electrons. The summed E-state index contributed by atoms with van der Waals surface area (Å²) in [5, 5.41) is 5.86. The number of ether oxygens (including phenoxy) is 2. The number of benzene rings is 2. The van der Waals surface area contributed by atoms with Crippen molar-refractivity contribution in [2.24, 2.45) is 0 Å². The van der Waals surface area contributed by atoms with Crippen LogP contribution in [0.15, 0.2) is 42.5 Å². The summed E-state index contributed by atoms with van der Waals surface area (Å²) < 4.78 is 11.9. The minimum absolute atomic E-state index is 0.185. The van der Waals surface area contributed by atoms with Crippen molar-refractivity contribution in [3.05, 3.63) is 48.0 Å². The monoisotopic (exact) mass is 241 g/mol. The number of nitrogens with one attached hydrogen (secondary N) is 1. The Morgan fingerprint density at radius 1 is 1.11 bits per heavy atom. The second-order valence-corrected chi connectivity index (χ2v) is 5.00. The molecule has 2 aliphatic rings. The summed E-state index contributed by atoms with van der Waals surface area (Å²) >= 11 is 0. The van der Waals surface area contributed by atoms with E-state index >= 15 is 0 Å². The predicted octanol–water partition coefficient (Wildman–Crippen LogP) is 2.01. The highest BCUT2D eigenvalue weighted by Gasteiger charge is 2.46. The number of rotatable bonds is 1. The van der Waals surface area contributed by atoms with Gasteiger partial charge in [-0.15, -0.1) is 0 Å².